The molecule has 0 bridgehead atoms. The molecule has 0 amide bonds. The second-order valence-corrected chi connectivity index (χ2v) is 6.31. The number of hydrogen-bond donors (Lipinski definition) is 1. The minimum absolute atomic E-state index is 0.544. The van der Waals surface area contributed by atoms with Crippen LogP contribution in [-0.2, 0) is 6.54 Å². The molecule has 2 aliphatic rings. The number of rotatable bonds is 5. The summed E-state index contributed by atoms with van der Waals surface area (Å²) >= 11 is 0. The number of nitrogens with zero attached hydrogens (tertiary/aromatic N) is 2. The molecule has 1 aliphatic carbocycles. The van der Waals surface area contributed by atoms with E-state index in [-0.39, 0.29) is 0 Å². The summed E-state index contributed by atoms with van der Waals surface area (Å²) in [4.78, 5) is 4.37. The van der Waals surface area contributed by atoms with Gasteiger partial charge in [0, 0.05) is 18.8 Å². The van der Waals surface area contributed by atoms with Crippen molar-refractivity contribution in [3.8, 4) is 0 Å². The average Bonchev–Trinajstić information content (AvgIpc) is 3.11. The van der Waals surface area contributed by atoms with E-state index < -0.39 is 0 Å². The number of nitrogens with one attached hydrogen (secondary N) is 1. The molecule has 1 aromatic heterocycles. The van der Waals surface area contributed by atoms with E-state index in [1.54, 1.807) is 0 Å². The molecule has 106 valence electrons. The standard InChI is InChI=1S/C16H27N3/c1-2-7-14(6-1)8-5-11-19-13-17-12-16(19)15-9-3-4-10-18-15/h12-15,18H,1-11H2. The Morgan fingerprint density at radius 2 is 2.00 bits per heavy atom. The smallest absolute Gasteiger partial charge is 0.0948 e. The molecule has 2 heterocycles. The van der Waals surface area contributed by atoms with Gasteiger partial charge in [0.25, 0.3) is 0 Å². The van der Waals surface area contributed by atoms with E-state index in [1.807, 2.05) is 6.33 Å². The Labute approximate surface area is 116 Å². The number of imidazole rings is 1. The van der Waals surface area contributed by atoms with Gasteiger partial charge in [0.05, 0.1) is 12.0 Å². The highest BCUT2D eigenvalue weighted by Gasteiger charge is 2.19. The Morgan fingerprint density at radius 3 is 2.79 bits per heavy atom. The Hall–Kier alpha value is -0.830. The molecule has 2 fully saturated rings. The van der Waals surface area contributed by atoms with Crippen LogP contribution < -0.4 is 5.32 Å². The summed E-state index contributed by atoms with van der Waals surface area (Å²) in [5.74, 6) is 1.01. The predicted octanol–water partition coefficient (Wildman–Crippen LogP) is 3.67. The topological polar surface area (TPSA) is 29.9 Å². The fraction of sp³-hybridized carbons (Fsp3) is 0.812. The largest absolute Gasteiger partial charge is 0.333 e. The second-order valence-electron chi connectivity index (χ2n) is 6.31. The second kappa shape index (κ2) is 6.56. The lowest BCUT2D eigenvalue weighted by Crippen LogP contribution is -2.28. The summed E-state index contributed by atoms with van der Waals surface area (Å²) in [6, 6.07) is 0.544. The summed E-state index contributed by atoms with van der Waals surface area (Å²) in [7, 11) is 0. The zero-order valence-electron chi connectivity index (χ0n) is 12.0. The van der Waals surface area contributed by atoms with Crippen LogP contribution in [0, 0.1) is 5.92 Å². The molecule has 19 heavy (non-hydrogen) atoms. The van der Waals surface area contributed by atoms with E-state index in [0.29, 0.717) is 6.04 Å². The van der Waals surface area contributed by atoms with E-state index in [4.69, 9.17) is 0 Å². The normalized spacial score (nSPS) is 24.9. The SMILES string of the molecule is c1ncn(CCCC2CCCC2)c1C1CCCCN1. The van der Waals surface area contributed by atoms with Gasteiger partial charge in [0.15, 0.2) is 0 Å². The van der Waals surface area contributed by atoms with Gasteiger partial charge >= 0.3 is 0 Å². The number of aryl methyl sites for hydroxylation is 1. The highest BCUT2D eigenvalue weighted by molar-refractivity contribution is 5.06. The van der Waals surface area contributed by atoms with Crippen molar-refractivity contribution in [2.24, 2.45) is 5.92 Å². The molecule has 1 saturated carbocycles. The molecule has 0 spiro atoms. The lowest BCUT2D eigenvalue weighted by atomic mass is 10.0. The molecule has 3 heteroatoms. The zero-order valence-corrected chi connectivity index (χ0v) is 12.0. The quantitative estimate of drug-likeness (QED) is 0.876. The summed E-state index contributed by atoms with van der Waals surface area (Å²) in [6.45, 7) is 2.32. The first-order valence-corrected chi connectivity index (χ1v) is 8.17. The third kappa shape index (κ3) is 3.38. The monoisotopic (exact) mass is 261 g/mol. The van der Waals surface area contributed by atoms with Crippen LogP contribution >= 0.6 is 0 Å². The van der Waals surface area contributed by atoms with Gasteiger partial charge in [0.1, 0.15) is 0 Å². The van der Waals surface area contributed by atoms with Gasteiger partial charge in [0.2, 0.25) is 0 Å². The average molecular weight is 261 g/mol. The Kier molecular flexibility index (Phi) is 4.54. The van der Waals surface area contributed by atoms with Crippen LogP contribution in [0.3, 0.4) is 0 Å². The predicted molar refractivity (Wildman–Crippen MR) is 78.0 cm³/mol. The van der Waals surface area contributed by atoms with Crippen LogP contribution in [0.2, 0.25) is 0 Å². The van der Waals surface area contributed by atoms with Crippen LogP contribution in [0.1, 0.15) is 69.5 Å². The van der Waals surface area contributed by atoms with Crippen molar-refractivity contribution in [3.05, 3.63) is 18.2 Å². The van der Waals surface area contributed by atoms with Crippen molar-refractivity contribution in [1.29, 1.82) is 0 Å². The minimum atomic E-state index is 0.544. The van der Waals surface area contributed by atoms with Gasteiger partial charge in [-0.05, 0) is 38.1 Å². The third-order valence-electron chi connectivity index (χ3n) is 4.90. The van der Waals surface area contributed by atoms with E-state index in [9.17, 15) is 0 Å². The summed E-state index contributed by atoms with van der Waals surface area (Å²) < 4.78 is 2.39. The Morgan fingerprint density at radius 1 is 1.16 bits per heavy atom. The molecule has 0 radical (unpaired) electrons. The maximum atomic E-state index is 4.37. The highest BCUT2D eigenvalue weighted by Crippen LogP contribution is 2.29. The van der Waals surface area contributed by atoms with Gasteiger partial charge in [-0.2, -0.15) is 0 Å². The molecular formula is C16H27N3. The molecule has 3 rings (SSSR count). The number of piperidine rings is 1. The van der Waals surface area contributed by atoms with Gasteiger partial charge in [-0.15, -0.1) is 0 Å². The van der Waals surface area contributed by atoms with Crippen molar-refractivity contribution >= 4 is 0 Å². The van der Waals surface area contributed by atoms with Crippen molar-refractivity contribution in [2.45, 2.75) is 70.4 Å². The van der Waals surface area contributed by atoms with Crippen LogP contribution in [0.15, 0.2) is 12.5 Å². The lowest BCUT2D eigenvalue weighted by Gasteiger charge is -2.24. The highest BCUT2D eigenvalue weighted by atomic mass is 15.1. The van der Waals surface area contributed by atoms with Gasteiger partial charge < -0.3 is 9.88 Å². The Bertz CT molecular complexity index is 373. The molecule has 1 atom stereocenters. The first-order chi connectivity index (χ1) is 9.43. The molecule has 0 aromatic carbocycles. The van der Waals surface area contributed by atoms with Crippen molar-refractivity contribution < 1.29 is 0 Å². The number of hydrogen-bond acceptors (Lipinski definition) is 2. The van der Waals surface area contributed by atoms with Crippen LogP contribution in [-0.4, -0.2) is 16.1 Å². The third-order valence-corrected chi connectivity index (χ3v) is 4.90. The van der Waals surface area contributed by atoms with Crippen molar-refractivity contribution in [3.63, 3.8) is 0 Å². The molecule has 1 aliphatic heterocycles. The first kappa shape index (κ1) is 13.2. The maximum absolute atomic E-state index is 4.37. The van der Waals surface area contributed by atoms with Crippen LogP contribution in [0.5, 0.6) is 0 Å². The molecule has 1 saturated heterocycles. The van der Waals surface area contributed by atoms with Gasteiger partial charge in [-0.3, -0.25) is 0 Å². The molecule has 1 aromatic rings. The zero-order chi connectivity index (χ0) is 12.9. The van der Waals surface area contributed by atoms with Crippen LogP contribution in [0.25, 0.3) is 0 Å². The van der Waals surface area contributed by atoms with E-state index >= 15 is 0 Å². The Balaban J connectivity index is 1.51. The van der Waals surface area contributed by atoms with Crippen molar-refractivity contribution in [1.82, 2.24) is 14.9 Å². The molecule has 1 unspecified atom stereocenters. The summed E-state index contributed by atoms with van der Waals surface area (Å²) in [5, 5.41) is 3.63. The van der Waals surface area contributed by atoms with Crippen molar-refractivity contribution in [2.75, 3.05) is 6.54 Å². The van der Waals surface area contributed by atoms with E-state index in [0.717, 1.165) is 19.0 Å². The minimum Gasteiger partial charge on any atom is -0.333 e. The number of aromatic nitrogens is 2. The van der Waals surface area contributed by atoms with Gasteiger partial charge in [-0.25, -0.2) is 4.98 Å². The van der Waals surface area contributed by atoms with E-state index in [1.165, 1.54) is 63.5 Å². The molecular weight excluding hydrogens is 234 g/mol. The van der Waals surface area contributed by atoms with Crippen LogP contribution in [0.4, 0.5) is 0 Å². The fourth-order valence-electron chi connectivity index (χ4n) is 3.76. The fourth-order valence-corrected chi connectivity index (χ4v) is 3.76. The summed E-state index contributed by atoms with van der Waals surface area (Å²) in [6.07, 6.45) is 16.7. The lowest BCUT2D eigenvalue weighted by molar-refractivity contribution is 0.386. The maximum Gasteiger partial charge on any atom is 0.0948 e. The molecule has 3 nitrogen and oxygen atoms in total. The molecule has 1 N–H and O–H groups in total. The summed E-state index contributed by atoms with van der Waals surface area (Å²) in [5.41, 5.74) is 1.41. The van der Waals surface area contributed by atoms with Gasteiger partial charge in [-0.1, -0.05) is 32.1 Å². The first-order valence-electron chi connectivity index (χ1n) is 8.17. The van der Waals surface area contributed by atoms with E-state index in [2.05, 4.69) is 21.1 Å².